The number of nitrogens with zero attached hydrogens (tertiary/aromatic N) is 6. The van der Waals surface area contributed by atoms with Crippen LogP contribution in [0.25, 0.3) is 0 Å². The quantitative estimate of drug-likeness (QED) is 0.829. The third kappa shape index (κ3) is 2.90. The lowest BCUT2D eigenvalue weighted by atomic mass is 10.4. The van der Waals surface area contributed by atoms with Gasteiger partial charge < -0.3 is 10.6 Å². The van der Waals surface area contributed by atoms with Crippen molar-refractivity contribution in [3.8, 4) is 0 Å². The Hall–Kier alpha value is -1.96. The summed E-state index contributed by atoms with van der Waals surface area (Å²) in [5.74, 6) is 0.874. The molecule has 8 heteroatoms. The molecule has 0 aliphatic carbocycles. The molecule has 2 aromatic rings. The van der Waals surface area contributed by atoms with Crippen molar-refractivity contribution in [2.45, 2.75) is 23.2 Å². The minimum atomic E-state index is 0.232. The van der Waals surface area contributed by atoms with E-state index in [-0.39, 0.29) is 5.95 Å². The highest BCUT2D eigenvalue weighted by Crippen LogP contribution is 2.23. The number of aromatic nitrogens is 5. The van der Waals surface area contributed by atoms with Gasteiger partial charge in [0.15, 0.2) is 5.16 Å². The van der Waals surface area contributed by atoms with Crippen molar-refractivity contribution < 1.29 is 0 Å². The first kappa shape index (κ1) is 12.1. The van der Waals surface area contributed by atoms with Crippen LogP contribution >= 0.6 is 11.8 Å². The van der Waals surface area contributed by atoms with Crippen LogP contribution in [0.4, 0.5) is 11.9 Å². The molecule has 98 valence electrons. The van der Waals surface area contributed by atoms with Gasteiger partial charge in [0, 0.05) is 25.5 Å². The number of rotatable bonds is 3. The van der Waals surface area contributed by atoms with Crippen molar-refractivity contribution in [3.05, 3.63) is 18.5 Å². The van der Waals surface area contributed by atoms with Gasteiger partial charge in [-0.15, -0.1) is 0 Å². The van der Waals surface area contributed by atoms with Crippen LogP contribution in [-0.2, 0) is 0 Å². The summed E-state index contributed by atoms with van der Waals surface area (Å²) in [7, 11) is 0. The van der Waals surface area contributed by atoms with E-state index < -0.39 is 0 Å². The number of hydrogen-bond donors (Lipinski definition) is 1. The number of nitrogens with two attached hydrogens (primary N) is 1. The van der Waals surface area contributed by atoms with E-state index in [2.05, 4.69) is 29.8 Å². The molecule has 0 aromatic carbocycles. The molecule has 3 rings (SSSR count). The van der Waals surface area contributed by atoms with E-state index in [1.165, 1.54) is 11.8 Å². The predicted octanol–water partition coefficient (Wildman–Crippen LogP) is 0.995. The van der Waals surface area contributed by atoms with E-state index >= 15 is 0 Å². The van der Waals surface area contributed by atoms with Crippen molar-refractivity contribution in [2.75, 3.05) is 23.7 Å². The highest BCUT2D eigenvalue weighted by Gasteiger charge is 2.17. The highest BCUT2D eigenvalue weighted by molar-refractivity contribution is 7.99. The second-order valence-corrected chi connectivity index (χ2v) is 5.04. The standard InChI is InChI=1S/C11H13N7S/c12-8-15-9(18-6-1-2-7-18)17-11(16-8)19-10-13-4-3-5-14-10/h3-5H,1-2,6-7H2,(H2,12,15,16,17). The van der Waals surface area contributed by atoms with Gasteiger partial charge in [-0.2, -0.15) is 15.0 Å². The van der Waals surface area contributed by atoms with Crippen LogP contribution in [0.3, 0.4) is 0 Å². The average Bonchev–Trinajstić information content (AvgIpc) is 2.93. The van der Waals surface area contributed by atoms with Gasteiger partial charge in [-0.3, -0.25) is 0 Å². The van der Waals surface area contributed by atoms with Crippen LogP contribution in [0, 0.1) is 0 Å². The summed E-state index contributed by atoms with van der Waals surface area (Å²) in [5.41, 5.74) is 5.74. The Bertz CT molecular complexity index is 556. The predicted molar refractivity (Wildman–Crippen MR) is 71.8 cm³/mol. The van der Waals surface area contributed by atoms with Gasteiger partial charge in [-0.1, -0.05) is 0 Å². The topological polar surface area (TPSA) is 93.7 Å². The SMILES string of the molecule is Nc1nc(Sc2ncccn2)nc(N2CCCC2)n1. The molecule has 3 heterocycles. The number of hydrogen-bond acceptors (Lipinski definition) is 8. The van der Waals surface area contributed by atoms with Gasteiger partial charge in [0.25, 0.3) is 0 Å². The Morgan fingerprint density at radius 2 is 1.74 bits per heavy atom. The molecule has 0 radical (unpaired) electrons. The molecule has 0 amide bonds. The van der Waals surface area contributed by atoms with Crippen molar-refractivity contribution >= 4 is 23.7 Å². The fraction of sp³-hybridized carbons (Fsp3) is 0.364. The van der Waals surface area contributed by atoms with Gasteiger partial charge in [0.05, 0.1) is 0 Å². The number of nitrogen functional groups attached to an aromatic ring is 1. The van der Waals surface area contributed by atoms with Crippen molar-refractivity contribution in [1.29, 1.82) is 0 Å². The second-order valence-electron chi connectivity index (χ2n) is 4.10. The van der Waals surface area contributed by atoms with Crippen LogP contribution in [0.1, 0.15) is 12.8 Å². The van der Waals surface area contributed by atoms with Crippen molar-refractivity contribution in [2.24, 2.45) is 0 Å². The Morgan fingerprint density at radius 3 is 2.47 bits per heavy atom. The lowest BCUT2D eigenvalue weighted by Crippen LogP contribution is -2.21. The Kier molecular flexibility index (Phi) is 3.41. The van der Waals surface area contributed by atoms with Crippen LogP contribution in [0.15, 0.2) is 28.8 Å². The molecule has 1 aliphatic rings. The molecule has 0 spiro atoms. The summed E-state index contributed by atoms with van der Waals surface area (Å²) < 4.78 is 0. The molecule has 0 unspecified atom stereocenters. The summed E-state index contributed by atoms with van der Waals surface area (Å²) in [5, 5.41) is 1.13. The third-order valence-corrected chi connectivity index (χ3v) is 3.49. The molecule has 19 heavy (non-hydrogen) atoms. The zero-order valence-electron chi connectivity index (χ0n) is 10.2. The first-order valence-electron chi connectivity index (χ1n) is 6.02. The molecule has 2 aromatic heterocycles. The maximum atomic E-state index is 5.74. The van der Waals surface area contributed by atoms with Crippen LogP contribution < -0.4 is 10.6 Å². The Balaban J connectivity index is 1.85. The lowest BCUT2D eigenvalue weighted by molar-refractivity contribution is 0.830. The van der Waals surface area contributed by atoms with E-state index in [1.54, 1.807) is 18.5 Å². The minimum Gasteiger partial charge on any atom is -0.368 e. The molecule has 0 saturated carbocycles. The lowest BCUT2D eigenvalue weighted by Gasteiger charge is -2.15. The van der Waals surface area contributed by atoms with Crippen LogP contribution in [-0.4, -0.2) is 38.0 Å². The van der Waals surface area contributed by atoms with E-state index in [9.17, 15) is 0 Å². The summed E-state index contributed by atoms with van der Waals surface area (Å²) in [4.78, 5) is 23.1. The van der Waals surface area contributed by atoms with E-state index in [1.807, 2.05) is 0 Å². The highest BCUT2D eigenvalue weighted by atomic mass is 32.2. The molecule has 7 nitrogen and oxygen atoms in total. The Labute approximate surface area is 114 Å². The van der Waals surface area contributed by atoms with Gasteiger partial charge in [0.1, 0.15) is 0 Å². The van der Waals surface area contributed by atoms with Crippen LogP contribution in [0.2, 0.25) is 0 Å². The summed E-state index contributed by atoms with van der Waals surface area (Å²) in [6.45, 7) is 1.94. The van der Waals surface area contributed by atoms with Crippen molar-refractivity contribution in [3.63, 3.8) is 0 Å². The third-order valence-electron chi connectivity index (χ3n) is 2.73. The van der Waals surface area contributed by atoms with Crippen molar-refractivity contribution in [1.82, 2.24) is 24.9 Å². The number of anilines is 2. The summed E-state index contributed by atoms with van der Waals surface area (Å²) in [6, 6.07) is 1.77. The smallest absolute Gasteiger partial charge is 0.231 e. The van der Waals surface area contributed by atoms with Gasteiger partial charge in [0.2, 0.25) is 17.1 Å². The monoisotopic (exact) mass is 275 g/mol. The fourth-order valence-corrected chi connectivity index (χ4v) is 2.54. The summed E-state index contributed by atoms with van der Waals surface area (Å²) in [6.07, 6.45) is 5.69. The average molecular weight is 275 g/mol. The molecule has 0 atom stereocenters. The first-order valence-corrected chi connectivity index (χ1v) is 6.84. The minimum absolute atomic E-state index is 0.232. The van der Waals surface area contributed by atoms with Gasteiger partial charge >= 0.3 is 0 Å². The maximum Gasteiger partial charge on any atom is 0.231 e. The molecule has 1 saturated heterocycles. The molecule has 2 N–H and O–H groups in total. The molecule has 0 bridgehead atoms. The van der Waals surface area contributed by atoms with E-state index in [4.69, 9.17) is 5.73 Å². The molecular formula is C11H13N7S. The molecule has 1 aliphatic heterocycles. The molecular weight excluding hydrogens is 262 g/mol. The Morgan fingerprint density at radius 1 is 1.00 bits per heavy atom. The van der Waals surface area contributed by atoms with Crippen LogP contribution in [0.5, 0.6) is 0 Å². The fourth-order valence-electron chi connectivity index (χ4n) is 1.88. The zero-order valence-corrected chi connectivity index (χ0v) is 11.0. The van der Waals surface area contributed by atoms with E-state index in [0.29, 0.717) is 16.3 Å². The van der Waals surface area contributed by atoms with E-state index in [0.717, 1.165) is 25.9 Å². The normalized spacial score (nSPS) is 14.8. The maximum absolute atomic E-state index is 5.74. The van der Waals surface area contributed by atoms with Gasteiger partial charge in [-0.25, -0.2) is 9.97 Å². The largest absolute Gasteiger partial charge is 0.368 e. The zero-order chi connectivity index (χ0) is 13.1. The summed E-state index contributed by atoms with van der Waals surface area (Å²) >= 11 is 1.28. The van der Waals surface area contributed by atoms with Gasteiger partial charge in [-0.05, 0) is 30.7 Å². The first-order chi connectivity index (χ1) is 9.31. The molecule has 1 fully saturated rings. The second kappa shape index (κ2) is 5.35.